The first-order valence-electron chi connectivity index (χ1n) is 7.16. The fourth-order valence-corrected chi connectivity index (χ4v) is 3.41. The zero-order valence-corrected chi connectivity index (χ0v) is 13.0. The lowest BCUT2D eigenvalue weighted by atomic mass is 9.95. The minimum absolute atomic E-state index is 0.0798. The van der Waals surface area contributed by atoms with Gasteiger partial charge in [0.25, 0.3) is 0 Å². The second kappa shape index (κ2) is 7.66. The number of nitrogens with one attached hydrogen (secondary N) is 1. The van der Waals surface area contributed by atoms with Crippen LogP contribution < -0.4 is 11.1 Å². The minimum atomic E-state index is -0.329. The molecule has 0 unspecified atom stereocenters. The van der Waals surface area contributed by atoms with Gasteiger partial charge >= 0.3 is 0 Å². The van der Waals surface area contributed by atoms with Gasteiger partial charge in [0, 0.05) is 29.0 Å². The van der Waals surface area contributed by atoms with E-state index >= 15 is 0 Å². The van der Waals surface area contributed by atoms with Gasteiger partial charge in [-0.2, -0.15) is 11.8 Å². The summed E-state index contributed by atoms with van der Waals surface area (Å²) >= 11 is 1.94. The predicted octanol–water partition coefficient (Wildman–Crippen LogP) is 2.68. The van der Waals surface area contributed by atoms with E-state index < -0.39 is 0 Å². The Balaban J connectivity index is 1.89. The maximum Gasteiger partial charge on any atom is 0.170 e. The third kappa shape index (κ3) is 4.35. The average Bonchev–Trinajstić information content (AvgIpc) is 2.53. The number of hydrogen-bond donors (Lipinski definition) is 3. The number of nitrogens with zero attached hydrogens (tertiary/aromatic N) is 1. The molecule has 0 bridgehead atoms. The Kier molecular flexibility index (Phi) is 5.87. The number of nitrogens with two attached hydrogens (primary N) is 1. The van der Waals surface area contributed by atoms with Crippen molar-refractivity contribution in [3.8, 4) is 0 Å². The largest absolute Gasteiger partial charge is 0.409 e. The van der Waals surface area contributed by atoms with Gasteiger partial charge in [0.2, 0.25) is 0 Å². The Morgan fingerprint density at radius 3 is 2.71 bits per heavy atom. The van der Waals surface area contributed by atoms with Crippen LogP contribution in [0.25, 0.3) is 0 Å². The van der Waals surface area contributed by atoms with Crippen molar-refractivity contribution in [1.82, 2.24) is 5.32 Å². The van der Waals surface area contributed by atoms with Crippen LogP contribution in [-0.2, 0) is 6.54 Å². The Morgan fingerprint density at radius 1 is 1.43 bits per heavy atom. The Bertz CT molecular complexity index is 502. The zero-order valence-electron chi connectivity index (χ0n) is 12.2. The monoisotopic (exact) mass is 311 g/mol. The summed E-state index contributed by atoms with van der Waals surface area (Å²) in [5.74, 6) is -0.409. The first-order valence-corrected chi connectivity index (χ1v) is 8.45. The molecule has 116 valence electrons. The standard InChI is InChI=1S/C15H22FN3OS/c1-21-13-6-4-12(5-7-13)18-9-11-3-2-10(8-14(11)16)15(17)19-20/h2-3,8,12-13,18,20H,4-7,9H2,1H3,(H2,17,19). The first kappa shape index (κ1) is 16.1. The zero-order chi connectivity index (χ0) is 15.2. The summed E-state index contributed by atoms with van der Waals surface area (Å²) in [7, 11) is 0. The van der Waals surface area contributed by atoms with Crippen LogP contribution in [0.2, 0.25) is 0 Å². The van der Waals surface area contributed by atoms with Crippen molar-refractivity contribution in [2.24, 2.45) is 10.9 Å². The Labute approximate surface area is 129 Å². The molecule has 0 spiro atoms. The fraction of sp³-hybridized carbons (Fsp3) is 0.533. The lowest BCUT2D eigenvalue weighted by Crippen LogP contribution is -2.33. The molecule has 0 heterocycles. The summed E-state index contributed by atoms with van der Waals surface area (Å²) < 4.78 is 14.0. The van der Waals surface area contributed by atoms with E-state index in [9.17, 15) is 4.39 Å². The topological polar surface area (TPSA) is 70.6 Å². The highest BCUT2D eigenvalue weighted by atomic mass is 32.2. The summed E-state index contributed by atoms with van der Waals surface area (Å²) in [6, 6.07) is 5.12. The van der Waals surface area contributed by atoms with E-state index in [2.05, 4.69) is 16.7 Å². The molecule has 4 N–H and O–H groups in total. The molecule has 6 heteroatoms. The highest BCUT2D eigenvalue weighted by Crippen LogP contribution is 2.27. The lowest BCUT2D eigenvalue weighted by Gasteiger charge is -2.28. The van der Waals surface area contributed by atoms with Gasteiger partial charge in [0.05, 0.1) is 0 Å². The van der Waals surface area contributed by atoms with Gasteiger partial charge in [0.15, 0.2) is 5.84 Å². The van der Waals surface area contributed by atoms with E-state index in [4.69, 9.17) is 10.9 Å². The van der Waals surface area contributed by atoms with E-state index in [1.807, 2.05) is 11.8 Å². The number of thioether (sulfide) groups is 1. The molecule has 0 radical (unpaired) electrons. The average molecular weight is 311 g/mol. The SMILES string of the molecule is CSC1CCC(NCc2ccc(/C(N)=N/O)cc2F)CC1. The van der Waals surface area contributed by atoms with Gasteiger partial charge in [-0.25, -0.2) is 4.39 Å². The van der Waals surface area contributed by atoms with E-state index in [1.54, 1.807) is 12.1 Å². The molecule has 1 aromatic rings. The molecule has 0 saturated heterocycles. The number of benzene rings is 1. The molecule has 21 heavy (non-hydrogen) atoms. The first-order chi connectivity index (χ1) is 10.1. The molecule has 0 atom stereocenters. The molecule has 0 aliphatic heterocycles. The van der Waals surface area contributed by atoms with Gasteiger partial charge in [-0.3, -0.25) is 0 Å². The van der Waals surface area contributed by atoms with Crippen molar-refractivity contribution in [2.75, 3.05) is 6.26 Å². The molecule has 1 aliphatic carbocycles. The second-order valence-electron chi connectivity index (χ2n) is 5.38. The number of halogens is 1. The molecular weight excluding hydrogens is 289 g/mol. The van der Waals surface area contributed by atoms with Crippen molar-refractivity contribution in [3.05, 3.63) is 35.1 Å². The Hall–Kier alpha value is -1.27. The quantitative estimate of drug-likeness (QED) is 0.338. The smallest absolute Gasteiger partial charge is 0.170 e. The number of oxime groups is 1. The van der Waals surface area contributed by atoms with Crippen LogP contribution in [0.5, 0.6) is 0 Å². The molecular formula is C15H22FN3OS. The third-order valence-corrected chi connectivity index (χ3v) is 5.18. The number of amidine groups is 1. The van der Waals surface area contributed by atoms with Crippen LogP contribution in [0.3, 0.4) is 0 Å². The molecule has 1 saturated carbocycles. The summed E-state index contributed by atoms with van der Waals surface area (Å²) in [4.78, 5) is 0. The molecule has 1 aliphatic rings. The normalized spacial score (nSPS) is 23.2. The van der Waals surface area contributed by atoms with Crippen LogP contribution in [0.15, 0.2) is 23.4 Å². The van der Waals surface area contributed by atoms with E-state index in [0.717, 1.165) is 18.1 Å². The number of hydrogen-bond acceptors (Lipinski definition) is 4. The van der Waals surface area contributed by atoms with E-state index in [-0.39, 0.29) is 11.7 Å². The maximum absolute atomic E-state index is 14.0. The van der Waals surface area contributed by atoms with E-state index in [1.165, 1.54) is 18.9 Å². The molecule has 0 amide bonds. The number of rotatable bonds is 5. The Morgan fingerprint density at radius 2 is 2.14 bits per heavy atom. The van der Waals surface area contributed by atoms with Crippen molar-refractivity contribution < 1.29 is 9.60 Å². The van der Waals surface area contributed by atoms with Crippen LogP contribution in [-0.4, -0.2) is 28.6 Å². The van der Waals surface area contributed by atoms with Crippen LogP contribution >= 0.6 is 11.8 Å². The summed E-state index contributed by atoms with van der Waals surface area (Å²) in [6.07, 6.45) is 6.91. The van der Waals surface area contributed by atoms with Gasteiger partial charge < -0.3 is 16.3 Å². The van der Waals surface area contributed by atoms with E-state index in [0.29, 0.717) is 23.7 Å². The highest BCUT2D eigenvalue weighted by molar-refractivity contribution is 7.99. The van der Waals surface area contributed by atoms with Gasteiger partial charge in [-0.05, 0) is 38.0 Å². The van der Waals surface area contributed by atoms with Crippen molar-refractivity contribution in [1.29, 1.82) is 0 Å². The molecule has 1 fully saturated rings. The second-order valence-corrected chi connectivity index (χ2v) is 6.52. The summed E-state index contributed by atoms with van der Waals surface area (Å²) in [5.41, 5.74) is 6.44. The maximum atomic E-state index is 14.0. The van der Waals surface area contributed by atoms with Crippen LogP contribution in [0.4, 0.5) is 4.39 Å². The van der Waals surface area contributed by atoms with Gasteiger partial charge in [0.1, 0.15) is 5.82 Å². The highest BCUT2D eigenvalue weighted by Gasteiger charge is 2.20. The predicted molar refractivity (Wildman–Crippen MR) is 85.3 cm³/mol. The van der Waals surface area contributed by atoms with Crippen LogP contribution in [0.1, 0.15) is 36.8 Å². The molecule has 0 aromatic heterocycles. The summed E-state index contributed by atoms with van der Waals surface area (Å²) in [6.45, 7) is 0.511. The van der Waals surface area contributed by atoms with Crippen molar-refractivity contribution in [3.63, 3.8) is 0 Å². The molecule has 4 nitrogen and oxygen atoms in total. The van der Waals surface area contributed by atoms with Gasteiger partial charge in [-0.1, -0.05) is 17.3 Å². The lowest BCUT2D eigenvalue weighted by molar-refractivity contribution is 0.318. The van der Waals surface area contributed by atoms with Crippen LogP contribution in [0, 0.1) is 5.82 Å². The minimum Gasteiger partial charge on any atom is -0.409 e. The molecule has 1 aromatic carbocycles. The van der Waals surface area contributed by atoms with Crippen molar-refractivity contribution in [2.45, 2.75) is 43.5 Å². The fourth-order valence-electron chi connectivity index (χ4n) is 2.66. The molecule has 2 rings (SSSR count). The van der Waals surface area contributed by atoms with Crippen molar-refractivity contribution >= 4 is 17.6 Å². The summed E-state index contributed by atoms with van der Waals surface area (Å²) in [5, 5.41) is 15.7. The third-order valence-electron chi connectivity index (χ3n) is 4.05. The van der Waals surface area contributed by atoms with Gasteiger partial charge in [-0.15, -0.1) is 0 Å².